The number of hydrogen-bond donors (Lipinski definition) is 0. The number of halogens is 1. The van der Waals surface area contributed by atoms with Gasteiger partial charge in [-0.25, -0.2) is 9.96 Å². The van der Waals surface area contributed by atoms with Crippen molar-refractivity contribution in [2.75, 3.05) is 0 Å². The Morgan fingerprint density at radius 1 is 1.00 bits per heavy atom. The van der Waals surface area contributed by atoms with Gasteiger partial charge in [0.2, 0.25) is 0 Å². The van der Waals surface area contributed by atoms with Crippen molar-refractivity contribution in [1.82, 2.24) is 0 Å². The minimum Gasteiger partial charge on any atom is -0.207 e. The maximum Gasteiger partial charge on any atom is 0.123 e. The Morgan fingerprint density at radius 3 is 2.07 bits per heavy atom. The van der Waals surface area contributed by atoms with Crippen LogP contribution in [0.1, 0.15) is 27.7 Å². The first-order valence-electron chi connectivity index (χ1n) is 9.90. The summed E-state index contributed by atoms with van der Waals surface area (Å²) in [5.41, 5.74) is 6.68. The van der Waals surface area contributed by atoms with Gasteiger partial charge in [0.05, 0.1) is 0 Å². The Kier molecular flexibility index (Phi) is 9.11. The van der Waals surface area contributed by atoms with Crippen molar-refractivity contribution >= 4 is 16.2 Å². The molecule has 29 heavy (non-hydrogen) atoms. The van der Waals surface area contributed by atoms with E-state index >= 15 is 0 Å². The van der Waals surface area contributed by atoms with Gasteiger partial charge in [0.25, 0.3) is 0 Å². The molecule has 1 unspecified atom stereocenters. The van der Waals surface area contributed by atoms with Gasteiger partial charge in [0, 0.05) is 0 Å². The first-order chi connectivity index (χ1) is 13.7. The van der Waals surface area contributed by atoms with Crippen molar-refractivity contribution in [3.8, 4) is 11.1 Å². The number of fused-ring (bicyclic) bond motifs is 1. The molecule has 0 bridgehead atoms. The molecular formula is C26H29FSiZr. The monoisotopic (exact) mass is 478 g/mol. The predicted octanol–water partition coefficient (Wildman–Crippen LogP) is 7.87. The molecule has 0 saturated heterocycles. The molecule has 3 heteroatoms. The van der Waals surface area contributed by atoms with Gasteiger partial charge >= 0.3 is 41.9 Å². The summed E-state index contributed by atoms with van der Waals surface area (Å²) in [5, 5.41) is 2.44. The third kappa shape index (κ3) is 6.79. The van der Waals surface area contributed by atoms with E-state index in [1.54, 1.807) is 23.3 Å². The third-order valence-corrected chi connectivity index (χ3v) is 5.07. The SMILES string of the molecule is CC1=[C-]C(C)C(C)=C1C.C[Si](C)=[Zr+2].Fc1ccc(-c2c[cH-]c3ccccc23)cc1. The molecule has 0 fully saturated rings. The Labute approximate surface area is 190 Å². The number of benzene rings is 2. The van der Waals surface area contributed by atoms with Crippen molar-refractivity contribution in [3.05, 3.63) is 89.3 Å². The van der Waals surface area contributed by atoms with Crippen molar-refractivity contribution < 1.29 is 27.7 Å². The van der Waals surface area contributed by atoms with E-state index in [1.165, 1.54) is 39.6 Å². The Balaban J connectivity index is 0.000000195. The van der Waals surface area contributed by atoms with Crippen molar-refractivity contribution in [3.63, 3.8) is 0 Å². The summed E-state index contributed by atoms with van der Waals surface area (Å²) >= 11 is 1.74. The minimum atomic E-state index is -0.195. The molecule has 1 aliphatic rings. The average Bonchev–Trinajstić information content (AvgIpc) is 3.20. The van der Waals surface area contributed by atoms with E-state index in [9.17, 15) is 4.39 Å². The van der Waals surface area contributed by atoms with Gasteiger partial charge in [-0.3, -0.25) is 6.08 Å². The van der Waals surface area contributed by atoms with Gasteiger partial charge in [-0.2, -0.15) is 11.1 Å². The van der Waals surface area contributed by atoms with E-state index in [4.69, 9.17) is 0 Å². The second-order valence-electron chi connectivity index (χ2n) is 7.64. The van der Waals surface area contributed by atoms with Crippen LogP contribution in [0.15, 0.2) is 77.4 Å². The van der Waals surface area contributed by atoms with E-state index in [2.05, 4.69) is 71.1 Å². The van der Waals surface area contributed by atoms with Gasteiger partial charge in [0.1, 0.15) is 5.82 Å². The second-order valence-corrected chi connectivity index (χ2v) is 17.0. The van der Waals surface area contributed by atoms with Crippen LogP contribution in [0.2, 0.25) is 13.1 Å². The smallest absolute Gasteiger partial charge is 0.123 e. The molecule has 0 nitrogen and oxygen atoms in total. The molecule has 148 valence electrons. The quantitative estimate of drug-likeness (QED) is 0.246. The van der Waals surface area contributed by atoms with Crippen LogP contribution in [-0.4, -0.2) is 5.43 Å². The molecular weight excluding hydrogens is 451 g/mol. The molecule has 0 heterocycles. The van der Waals surface area contributed by atoms with Crippen LogP contribution < -0.4 is 0 Å². The van der Waals surface area contributed by atoms with Crippen LogP contribution >= 0.6 is 0 Å². The van der Waals surface area contributed by atoms with Crippen LogP contribution in [0.3, 0.4) is 0 Å². The van der Waals surface area contributed by atoms with Crippen molar-refractivity contribution in [2.45, 2.75) is 40.8 Å². The minimum absolute atomic E-state index is 0.195. The van der Waals surface area contributed by atoms with Gasteiger partial charge in [0.15, 0.2) is 0 Å². The third-order valence-electron chi connectivity index (χ3n) is 5.07. The maximum atomic E-state index is 12.8. The Morgan fingerprint density at radius 2 is 1.59 bits per heavy atom. The van der Waals surface area contributed by atoms with Gasteiger partial charge in [-0.05, 0) is 12.1 Å². The summed E-state index contributed by atoms with van der Waals surface area (Å²) in [4.78, 5) is 0. The van der Waals surface area contributed by atoms with Gasteiger partial charge < -0.3 is 0 Å². The molecule has 3 aromatic carbocycles. The van der Waals surface area contributed by atoms with Gasteiger partial charge in [-0.15, -0.1) is 53.6 Å². The van der Waals surface area contributed by atoms with Crippen LogP contribution in [-0.2, 0) is 23.3 Å². The molecule has 0 saturated carbocycles. The first kappa shape index (κ1) is 23.8. The molecule has 0 radical (unpaired) electrons. The zero-order chi connectivity index (χ0) is 21.6. The first-order valence-corrected chi connectivity index (χ1v) is 16.1. The molecule has 1 aliphatic carbocycles. The Hall–Kier alpha value is -1.44. The van der Waals surface area contributed by atoms with Crippen LogP contribution in [0.25, 0.3) is 21.9 Å². The summed E-state index contributed by atoms with van der Waals surface area (Å²) in [5.74, 6) is 0.365. The molecule has 4 rings (SSSR count). The van der Waals surface area contributed by atoms with Crippen LogP contribution in [0, 0.1) is 17.8 Å². The standard InChI is InChI=1S/C15H10F.C9H13.C2H6Si.Zr/c16-13-8-5-12(6-9-13)15-10-7-11-3-1-2-4-14(11)15;1-6-5-7(2)9(4)8(6)3;1-3-2;/h1-10H;6H,1-4H3;1-2H3;/q2*-1;;+2. The Bertz CT molecular complexity index is 1030. The molecule has 0 amide bonds. The number of allylic oxidation sites excluding steroid dienone is 4. The molecule has 0 spiro atoms. The molecule has 0 N–H and O–H groups in total. The summed E-state index contributed by atoms with van der Waals surface area (Å²) < 4.78 is 12.8. The second kappa shape index (κ2) is 11.1. The van der Waals surface area contributed by atoms with E-state index in [-0.39, 0.29) is 11.3 Å². The van der Waals surface area contributed by atoms with Crippen molar-refractivity contribution in [1.29, 1.82) is 0 Å². The zero-order valence-electron chi connectivity index (χ0n) is 18.2. The average molecular weight is 480 g/mol. The largest absolute Gasteiger partial charge is 0.207 e. The fourth-order valence-corrected chi connectivity index (χ4v) is 3.19. The fourth-order valence-electron chi connectivity index (χ4n) is 3.19. The summed E-state index contributed by atoms with van der Waals surface area (Å²) in [7, 11) is 0. The van der Waals surface area contributed by atoms with Gasteiger partial charge in [-0.1, -0.05) is 50.5 Å². The van der Waals surface area contributed by atoms with E-state index in [1.807, 2.05) is 24.3 Å². The molecule has 3 aromatic rings. The number of rotatable bonds is 1. The van der Waals surface area contributed by atoms with Crippen LogP contribution in [0.4, 0.5) is 4.39 Å². The van der Waals surface area contributed by atoms with Crippen LogP contribution in [0.5, 0.6) is 0 Å². The molecule has 0 aliphatic heterocycles. The summed E-state index contributed by atoms with van der Waals surface area (Å²) in [6, 6.07) is 19.0. The molecule has 1 atom stereocenters. The van der Waals surface area contributed by atoms with Crippen molar-refractivity contribution in [2.24, 2.45) is 5.92 Å². The normalized spacial score (nSPS) is 15.3. The van der Waals surface area contributed by atoms with E-state index < -0.39 is 0 Å². The summed E-state index contributed by atoms with van der Waals surface area (Å²) in [6.45, 7) is 13.3. The topological polar surface area (TPSA) is 0 Å². The fraction of sp³-hybridized carbons (Fsp3) is 0.269. The zero-order valence-corrected chi connectivity index (χ0v) is 21.7. The maximum absolute atomic E-state index is 12.8. The predicted molar refractivity (Wildman–Crippen MR) is 122 cm³/mol. The number of hydrogen-bond acceptors (Lipinski definition) is 0. The van der Waals surface area contributed by atoms with E-state index in [0.29, 0.717) is 5.92 Å². The van der Waals surface area contributed by atoms with E-state index in [0.717, 1.165) is 11.1 Å². The summed E-state index contributed by atoms with van der Waals surface area (Å²) in [6.07, 6.45) is 3.36. The molecule has 0 aromatic heterocycles.